The van der Waals surface area contributed by atoms with Gasteiger partial charge in [0, 0.05) is 5.69 Å². The summed E-state index contributed by atoms with van der Waals surface area (Å²) in [6, 6.07) is 1.46. The third kappa shape index (κ3) is 3.08. The molecule has 0 radical (unpaired) electrons. The van der Waals surface area contributed by atoms with Crippen molar-refractivity contribution in [2.24, 2.45) is 0 Å². The Kier molecular flexibility index (Phi) is 2.63. The predicted octanol–water partition coefficient (Wildman–Crippen LogP) is 2.64. The van der Waals surface area contributed by atoms with Crippen molar-refractivity contribution in [3.05, 3.63) is 17.5 Å². The maximum Gasteiger partial charge on any atom is 0.394 e. The van der Waals surface area contributed by atoms with Crippen LogP contribution in [0.15, 0.2) is 6.07 Å². The molecule has 1 aromatic rings. The standard InChI is InChI=1S/C8H11F3N2/c1-5(2)7-3-6(12-13-7)4-8(9,10)11/h3,5H,4H2,1-2H3,(H,12,13). The van der Waals surface area contributed by atoms with E-state index < -0.39 is 12.6 Å². The molecule has 1 rings (SSSR count). The number of hydrogen-bond acceptors (Lipinski definition) is 1. The molecule has 0 atom stereocenters. The van der Waals surface area contributed by atoms with Gasteiger partial charge in [-0.25, -0.2) is 0 Å². The van der Waals surface area contributed by atoms with Gasteiger partial charge >= 0.3 is 6.18 Å². The molecule has 0 aliphatic carbocycles. The zero-order valence-corrected chi connectivity index (χ0v) is 7.44. The number of halogens is 3. The van der Waals surface area contributed by atoms with E-state index in [0.717, 1.165) is 0 Å². The highest BCUT2D eigenvalue weighted by atomic mass is 19.4. The van der Waals surface area contributed by atoms with E-state index in [1.165, 1.54) is 6.07 Å². The molecule has 0 aliphatic rings. The Hall–Kier alpha value is -1.00. The maximum absolute atomic E-state index is 11.9. The first-order valence-corrected chi connectivity index (χ1v) is 3.99. The van der Waals surface area contributed by atoms with Gasteiger partial charge in [-0.3, -0.25) is 5.10 Å². The lowest BCUT2D eigenvalue weighted by molar-refractivity contribution is -0.127. The summed E-state index contributed by atoms with van der Waals surface area (Å²) in [7, 11) is 0. The van der Waals surface area contributed by atoms with Gasteiger partial charge in [-0.15, -0.1) is 0 Å². The first kappa shape index (κ1) is 10.1. The number of aromatic nitrogens is 2. The zero-order valence-electron chi connectivity index (χ0n) is 7.44. The molecule has 0 unspecified atom stereocenters. The minimum Gasteiger partial charge on any atom is -0.282 e. The molecule has 0 aromatic carbocycles. The summed E-state index contributed by atoms with van der Waals surface area (Å²) in [5.74, 6) is 0.151. The average Bonchev–Trinajstić information content (AvgIpc) is 2.31. The largest absolute Gasteiger partial charge is 0.394 e. The molecule has 1 N–H and O–H groups in total. The summed E-state index contributed by atoms with van der Waals surface area (Å²) in [6.07, 6.45) is -5.10. The molecule has 0 fully saturated rings. The van der Waals surface area contributed by atoms with Crippen LogP contribution in [-0.4, -0.2) is 16.4 Å². The Bertz CT molecular complexity index is 275. The van der Waals surface area contributed by atoms with Crippen LogP contribution >= 0.6 is 0 Å². The monoisotopic (exact) mass is 192 g/mol. The van der Waals surface area contributed by atoms with E-state index in [1.54, 1.807) is 0 Å². The Morgan fingerprint density at radius 1 is 1.46 bits per heavy atom. The number of alkyl halides is 3. The first-order valence-electron chi connectivity index (χ1n) is 3.99. The van der Waals surface area contributed by atoms with Crippen LogP contribution in [0.3, 0.4) is 0 Å². The van der Waals surface area contributed by atoms with Crippen LogP contribution in [0.1, 0.15) is 31.2 Å². The van der Waals surface area contributed by atoms with E-state index in [-0.39, 0.29) is 11.6 Å². The summed E-state index contributed by atoms with van der Waals surface area (Å²) >= 11 is 0. The quantitative estimate of drug-likeness (QED) is 0.766. The van der Waals surface area contributed by atoms with E-state index in [4.69, 9.17) is 0 Å². The van der Waals surface area contributed by atoms with Crippen LogP contribution in [0.4, 0.5) is 13.2 Å². The van der Waals surface area contributed by atoms with E-state index >= 15 is 0 Å². The molecule has 1 aromatic heterocycles. The van der Waals surface area contributed by atoms with Crippen LogP contribution in [-0.2, 0) is 6.42 Å². The van der Waals surface area contributed by atoms with Crippen molar-refractivity contribution in [2.45, 2.75) is 32.4 Å². The van der Waals surface area contributed by atoms with Crippen LogP contribution < -0.4 is 0 Å². The fourth-order valence-corrected chi connectivity index (χ4v) is 0.982. The van der Waals surface area contributed by atoms with Crippen molar-refractivity contribution in [2.75, 3.05) is 0 Å². The van der Waals surface area contributed by atoms with Crippen molar-refractivity contribution in [1.29, 1.82) is 0 Å². The molecule has 0 bridgehead atoms. The molecule has 13 heavy (non-hydrogen) atoms. The fourth-order valence-electron chi connectivity index (χ4n) is 0.982. The molecule has 0 spiro atoms. The number of nitrogens with one attached hydrogen (secondary N) is 1. The predicted molar refractivity (Wildman–Crippen MR) is 42.4 cm³/mol. The maximum atomic E-state index is 11.9. The second kappa shape index (κ2) is 3.40. The summed E-state index contributed by atoms with van der Waals surface area (Å²) < 4.78 is 35.7. The first-order chi connectivity index (χ1) is 5.88. The number of hydrogen-bond donors (Lipinski definition) is 1. The fraction of sp³-hybridized carbons (Fsp3) is 0.625. The molecular formula is C8H11F3N2. The van der Waals surface area contributed by atoms with Gasteiger partial charge in [0.15, 0.2) is 0 Å². The second-order valence-corrected chi connectivity index (χ2v) is 3.26. The van der Waals surface area contributed by atoms with Gasteiger partial charge in [-0.2, -0.15) is 18.3 Å². The molecule has 5 heteroatoms. The Morgan fingerprint density at radius 2 is 2.08 bits per heavy atom. The number of rotatable bonds is 2. The van der Waals surface area contributed by atoms with Gasteiger partial charge in [0.25, 0.3) is 0 Å². The summed E-state index contributed by atoms with van der Waals surface area (Å²) in [6.45, 7) is 3.76. The minimum atomic E-state index is -4.17. The SMILES string of the molecule is CC(C)c1cc(CC(F)(F)F)[nH]n1. The Balaban J connectivity index is 2.70. The smallest absolute Gasteiger partial charge is 0.282 e. The highest BCUT2D eigenvalue weighted by molar-refractivity contribution is 5.12. The third-order valence-corrected chi connectivity index (χ3v) is 1.63. The molecule has 1 heterocycles. The van der Waals surface area contributed by atoms with E-state index in [2.05, 4.69) is 10.2 Å². The molecule has 0 saturated heterocycles. The second-order valence-electron chi connectivity index (χ2n) is 3.26. The van der Waals surface area contributed by atoms with Gasteiger partial charge < -0.3 is 0 Å². The Morgan fingerprint density at radius 3 is 2.46 bits per heavy atom. The van der Waals surface area contributed by atoms with Crippen LogP contribution in [0.5, 0.6) is 0 Å². The summed E-state index contributed by atoms with van der Waals surface area (Å²) in [5.41, 5.74) is 0.787. The molecule has 74 valence electrons. The highest BCUT2D eigenvalue weighted by Gasteiger charge is 2.28. The minimum absolute atomic E-state index is 0.121. The van der Waals surface area contributed by atoms with Crippen molar-refractivity contribution in [3.63, 3.8) is 0 Å². The van der Waals surface area contributed by atoms with Gasteiger partial charge in [-0.1, -0.05) is 13.8 Å². The molecule has 0 amide bonds. The van der Waals surface area contributed by atoms with E-state index in [1.807, 2.05) is 13.8 Å². The van der Waals surface area contributed by atoms with Crippen molar-refractivity contribution in [1.82, 2.24) is 10.2 Å². The lowest BCUT2D eigenvalue weighted by Gasteiger charge is -2.02. The summed E-state index contributed by atoms with van der Waals surface area (Å²) in [4.78, 5) is 0. The summed E-state index contributed by atoms with van der Waals surface area (Å²) in [5, 5.41) is 6.15. The highest BCUT2D eigenvalue weighted by Crippen LogP contribution is 2.21. The van der Waals surface area contributed by atoms with E-state index in [0.29, 0.717) is 5.69 Å². The van der Waals surface area contributed by atoms with Gasteiger partial charge in [0.1, 0.15) is 0 Å². The lowest BCUT2D eigenvalue weighted by atomic mass is 10.1. The molecule has 2 nitrogen and oxygen atoms in total. The van der Waals surface area contributed by atoms with Crippen LogP contribution in [0.25, 0.3) is 0 Å². The topological polar surface area (TPSA) is 28.7 Å². The zero-order chi connectivity index (χ0) is 10.1. The number of aromatic amines is 1. The normalized spacial score (nSPS) is 12.5. The van der Waals surface area contributed by atoms with Crippen LogP contribution in [0, 0.1) is 0 Å². The number of H-pyrrole nitrogens is 1. The lowest BCUT2D eigenvalue weighted by Crippen LogP contribution is -2.11. The van der Waals surface area contributed by atoms with Gasteiger partial charge in [0.05, 0.1) is 12.1 Å². The number of nitrogens with zero attached hydrogens (tertiary/aromatic N) is 1. The molecular weight excluding hydrogens is 181 g/mol. The molecule has 0 aliphatic heterocycles. The Labute approximate surface area is 74.1 Å². The van der Waals surface area contributed by atoms with Crippen molar-refractivity contribution >= 4 is 0 Å². The van der Waals surface area contributed by atoms with Crippen molar-refractivity contribution in [3.8, 4) is 0 Å². The van der Waals surface area contributed by atoms with Crippen molar-refractivity contribution < 1.29 is 13.2 Å². The average molecular weight is 192 g/mol. The van der Waals surface area contributed by atoms with E-state index in [9.17, 15) is 13.2 Å². The van der Waals surface area contributed by atoms with Crippen LogP contribution in [0.2, 0.25) is 0 Å². The van der Waals surface area contributed by atoms with Gasteiger partial charge in [-0.05, 0) is 12.0 Å². The third-order valence-electron chi connectivity index (χ3n) is 1.63. The molecule has 0 saturated carbocycles. The van der Waals surface area contributed by atoms with Gasteiger partial charge in [0.2, 0.25) is 0 Å².